The molecule has 0 aromatic carbocycles. The van der Waals surface area contributed by atoms with E-state index in [0.29, 0.717) is 18.9 Å². The zero-order chi connectivity index (χ0) is 12.8. The predicted octanol–water partition coefficient (Wildman–Crippen LogP) is 2.86. The second kappa shape index (κ2) is 13.9. The Morgan fingerprint density at radius 2 is 1.81 bits per heavy atom. The van der Waals surface area contributed by atoms with Gasteiger partial charge in [0.25, 0.3) is 6.47 Å². The molecule has 0 aliphatic heterocycles. The molecule has 0 aromatic rings. The van der Waals surface area contributed by atoms with Gasteiger partial charge in [-0.25, -0.2) is 0 Å². The fourth-order valence-electron chi connectivity index (χ4n) is 1.67. The zero-order valence-electron chi connectivity index (χ0n) is 10.6. The first-order chi connectivity index (χ1) is 7.74. The van der Waals surface area contributed by atoms with Crippen LogP contribution in [-0.2, 0) is 14.3 Å². The molecule has 4 heteroatoms. The summed E-state index contributed by atoms with van der Waals surface area (Å²) in [5.74, 6) is 0.605. The number of esters is 1. The Morgan fingerprint density at radius 1 is 1.38 bits per heavy atom. The molecular weight excluding hydrogens is 208 g/mol. The van der Waals surface area contributed by atoms with Crippen molar-refractivity contribution in [3.63, 3.8) is 0 Å². The van der Waals surface area contributed by atoms with E-state index in [2.05, 4.69) is 0 Å². The lowest BCUT2D eigenvalue weighted by molar-refractivity contribution is -0.144. The van der Waals surface area contributed by atoms with E-state index < -0.39 is 0 Å². The highest BCUT2D eigenvalue weighted by Crippen LogP contribution is 2.27. The summed E-state index contributed by atoms with van der Waals surface area (Å²) in [6, 6.07) is 0. The second-order valence-corrected chi connectivity index (χ2v) is 3.27. The van der Waals surface area contributed by atoms with Crippen LogP contribution in [-0.4, -0.2) is 24.2 Å². The highest BCUT2D eigenvalue weighted by molar-refractivity contribution is 5.69. The third kappa shape index (κ3) is 11.0. The summed E-state index contributed by atoms with van der Waals surface area (Å²) < 4.78 is 4.86. The van der Waals surface area contributed by atoms with Crippen molar-refractivity contribution in [1.29, 1.82) is 0 Å². The van der Waals surface area contributed by atoms with Gasteiger partial charge in [-0.05, 0) is 25.7 Å². The number of hydrogen-bond donors (Lipinski definition) is 1. The molecule has 0 spiro atoms. The first kappa shape index (κ1) is 17.3. The van der Waals surface area contributed by atoms with Crippen molar-refractivity contribution in [2.45, 2.75) is 52.9 Å². The standard InChI is InChI=1S/C9H16O2.C2H6.CH2O2/c1-2-11-9(10)7-8-5-3-4-6-8;1-2;2-1-3/h8H,2-7H2,1H3;1-2H3;1H,(H,2,3). The van der Waals surface area contributed by atoms with E-state index in [4.69, 9.17) is 14.6 Å². The van der Waals surface area contributed by atoms with Gasteiger partial charge in [0, 0.05) is 6.42 Å². The van der Waals surface area contributed by atoms with Crippen LogP contribution in [0.4, 0.5) is 0 Å². The molecule has 1 aliphatic rings. The molecule has 0 aromatic heterocycles. The third-order valence-corrected chi connectivity index (χ3v) is 2.24. The molecule has 0 unspecified atom stereocenters. The SMILES string of the molecule is CC.CCOC(=O)CC1CCCC1.O=CO. The van der Waals surface area contributed by atoms with Gasteiger partial charge in [0.15, 0.2) is 0 Å². The largest absolute Gasteiger partial charge is 0.483 e. The minimum atomic E-state index is -0.250. The smallest absolute Gasteiger partial charge is 0.306 e. The number of carbonyl (C=O) groups excluding carboxylic acids is 1. The van der Waals surface area contributed by atoms with Gasteiger partial charge in [0.2, 0.25) is 0 Å². The lowest BCUT2D eigenvalue weighted by Crippen LogP contribution is -2.08. The van der Waals surface area contributed by atoms with Crippen LogP contribution in [0.2, 0.25) is 0 Å². The van der Waals surface area contributed by atoms with E-state index in [1.54, 1.807) is 0 Å². The highest BCUT2D eigenvalue weighted by Gasteiger charge is 2.18. The molecule has 0 radical (unpaired) electrons. The highest BCUT2D eigenvalue weighted by atomic mass is 16.5. The van der Waals surface area contributed by atoms with Crippen LogP contribution >= 0.6 is 0 Å². The first-order valence-electron chi connectivity index (χ1n) is 5.98. The van der Waals surface area contributed by atoms with Gasteiger partial charge < -0.3 is 9.84 Å². The minimum Gasteiger partial charge on any atom is -0.483 e. The maximum atomic E-state index is 11.0. The van der Waals surface area contributed by atoms with Gasteiger partial charge in [-0.15, -0.1) is 0 Å². The van der Waals surface area contributed by atoms with Crippen molar-refractivity contribution < 1.29 is 19.4 Å². The van der Waals surface area contributed by atoms with E-state index in [1.807, 2.05) is 20.8 Å². The quantitative estimate of drug-likeness (QED) is 0.600. The van der Waals surface area contributed by atoms with Crippen molar-refractivity contribution >= 4 is 12.4 Å². The van der Waals surface area contributed by atoms with Crippen molar-refractivity contribution in [2.75, 3.05) is 6.61 Å². The predicted molar refractivity (Wildman–Crippen MR) is 63.2 cm³/mol. The molecule has 0 bridgehead atoms. The molecule has 1 saturated carbocycles. The maximum Gasteiger partial charge on any atom is 0.306 e. The summed E-state index contributed by atoms with van der Waals surface area (Å²) in [6.45, 7) is 6.12. The number of ether oxygens (including phenoxy) is 1. The number of carbonyl (C=O) groups is 2. The maximum absolute atomic E-state index is 11.0. The number of rotatable bonds is 3. The van der Waals surface area contributed by atoms with E-state index in [9.17, 15) is 4.79 Å². The summed E-state index contributed by atoms with van der Waals surface area (Å²) in [5, 5.41) is 6.89. The summed E-state index contributed by atoms with van der Waals surface area (Å²) in [4.78, 5) is 19.3. The minimum absolute atomic E-state index is 0.0144. The molecule has 0 atom stereocenters. The van der Waals surface area contributed by atoms with Gasteiger partial charge in [0.1, 0.15) is 0 Å². The Labute approximate surface area is 98.0 Å². The monoisotopic (exact) mass is 232 g/mol. The average molecular weight is 232 g/mol. The molecule has 0 amide bonds. The Kier molecular flexibility index (Phi) is 15.1. The summed E-state index contributed by atoms with van der Waals surface area (Å²) in [7, 11) is 0. The van der Waals surface area contributed by atoms with Gasteiger partial charge in [-0.1, -0.05) is 26.7 Å². The normalized spacial score (nSPS) is 13.9. The first-order valence-corrected chi connectivity index (χ1v) is 5.98. The second-order valence-electron chi connectivity index (χ2n) is 3.27. The fourth-order valence-corrected chi connectivity index (χ4v) is 1.67. The Hall–Kier alpha value is -1.06. The number of hydrogen-bond acceptors (Lipinski definition) is 3. The molecular formula is C12H24O4. The van der Waals surface area contributed by atoms with E-state index in [1.165, 1.54) is 25.7 Å². The molecule has 0 saturated heterocycles. The fraction of sp³-hybridized carbons (Fsp3) is 0.833. The van der Waals surface area contributed by atoms with Gasteiger partial charge >= 0.3 is 5.97 Å². The summed E-state index contributed by atoms with van der Waals surface area (Å²) in [5.41, 5.74) is 0. The molecule has 1 aliphatic carbocycles. The van der Waals surface area contributed by atoms with Gasteiger partial charge in [-0.2, -0.15) is 0 Å². The number of carboxylic acid groups (broad SMARTS) is 1. The third-order valence-electron chi connectivity index (χ3n) is 2.24. The Morgan fingerprint density at radius 3 is 2.19 bits per heavy atom. The Bertz CT molecular complexity index is 162. The summed E-state index contributed by atoms with van der Waals surface area (Å²) >= 11 is 0. The van der Waals surface area contributed by atoms with Crippen molar-refractivity contribution in [3.05, 3.63) is 0 Å². The van der Waals surface area contributed by atoms with Crippen molar-refractivity contribution in [1.82, 2.24) is 0 Å². The van der Waals surface area contributed by atoms with E-state index >= 15 is 0 Å². The lowest BCUT2D eigenvalue weighted by Gasteiger charge is -2.06. The van der Waals surface area contributed by atoms with Crippen LogP contribution < -0.4 is 0 Å². The lowest BCUT2D eigenvalue weighted by atomic mass is 10.1. The Balaban J connectivity index is 0. The van der Waals surface area contributed by atoms with Crippen LogP contribution in [0, 0.1) is 5.92 Å². The van der Waals surface area contributed by atoms with Gasteiger partial charge in [0.05, 0.1) is 6.61 Å². The van der Waals surface area contributed by atoms with Crippen molar-refractivity contribution in [3.8, 4) is 0 Å². The van der Waals surface area contributed by atoms with Crippen LogP contribution in [0.15, 0.2) is 0 Å². The van der Waals surface area contributed by atoms with Crippen LogP contribution in [0.3, 0.4) is 0 Å². The average Bonchev–Trinajstić information content (AvgIpc) is 2.75. The van der Waals surface area contributed by atoms with Gasteiger partial charge in [-0.3, -0.25) is 9.59 Å². The summed E-state index contributed by atoms with van der Waals surface area (Å²) in [6.07, 6.45) is 5.68. The van der Waals surface area contributed by atoms with Crippen LogP contribution in [0.5, 0.6) is 0 Å². The topological polar surface area (TPSA) is 63.6 Å². The molecule has 0 heterocycles. The van der Waals surface area contributed by atoms with Crippen LogP contribution in [0.25, 0.3) is 0 Å². The zero-order valence-corrected chi connectivity index (χ0v) is 10.6. The molecule has 96 valence electrons. The molecule has 1 fully saturated rings. The molecule has 1 rings (SSSR count). The van der Waals surface area contributed by atoms with E-state index in [-0.39, 0.29) is 12.4 Å². The molecule has 1 N–H and O–H groups in total. The molecule has 4 nitrogen and oxygen atoms in total. The van der Waals surface area contributed by atoms with E-state index in [0.717, 1.165) is 0 Å². The molecule has 16 heavy (non-hydrogen) atoms. The van der Waals surface area contributed by atoms with Crippen LogP contribution in [0.1, 0.15) is 52.9 Å². The van der Waals surface area contributed by atoms with Crippen molar-refractivity contribution in [2.24, 2.45) is 5.92 Å².